The Bertz CT molecular complexity index is 8.00. The van der Waals surface area contributed by atoms with Crippen LogP contribution < -0.4 is 0 Å². The first-order valence-electron chi connectivity index (χ1n) is 0. The van der Waals surface area contributed by atoms with Crippen LogP contribution in [-0.2, 0) is 33.8 Å². The molecule has 0 aliphatic rings. The molecular formula is H4CoMgMnO. The Morgan fingerprint density at radius 1 is 1.00 bits per heavy atom. The van der Waals surface area contributed by atoms with Crippen molar-refractivity contribution in [1.82, 2.24) is 0 Å². The Morgan fingerprint density at radius 3 is 1.00 bits per heavy atom. The van der Waals surface area contributed by atoms with Crippen LogP contribution in [0, 0.1) is 0 Å². The summed E-state index contributed by atoms with van der Waals surface area (Å²) in [4.78, 5) is 0. The van der Waals surface area contributed by atoms with Crippen molar-refractivity contribution in [1.29, 1.82) is 0 Å². The average molecular weight is 158 g/mol. The molecule has 0 spiro atoms. The maximum Gasteiger partial charge on any atom is 0.316 e. The van der Waals surface area contributed by atoms with E-state index in [0.717, 1.165) is 0 Å². The van der Waals surface area contributed by atoms with Crippen molar-refractivity contribution in [3.63, 3.8) is 0 Å². The van der Waals surface area contributed by atoms with Crippen molar-refractivity contribution in [3.05, 3.63) is 0 Å². The van der Waals surface area contributed by atoms with Gasteiger partial charge in [-0.25, -0.2) is 0 Å². The van der Waals surface area contributed by atoms with Crippen molar-refractivity contribution in [2.24, 2.45) is 0 Å². The molecule has 0 bridgehead atoms. The molecule has 0 aromatic carbocycles. The largest absolute Gasteiger partial charge is 0.412 e. The van der Waals surface area contributed by atoms with E-state index in [4.69, 9.17) is 0 Å². The van der Waals surface area contributed by atoms with Crippen LogP contribution in [0.25, 0.3) is 0 Å². The Balaban J connectivity index is 0. The summed E-state index contributed by atoms with van der Waals surface area (Å²) in [6.07, 6.45) is 0. The molecule has 0 fully saturated rings. The molecular weight excluding hydrogens is 154 g/mol. The Kier molecular flexibility index (Phi) is 231. The molecule has 0 saturated carbocycles. The molecule has 1 nitrogen and oxygen atoms in total. The molecule has 0 aromatic rings. The Labute approximate surface area is 62.0 Å². The topological polar surface area (TPSA) is 31.5 Å². The van der Waals surface area contributed by atoms with Crippen LogP contribution in [-0.4, -0.2) is 28.5 Å². The van der Waals surface area contributed by atoms with Gasteiger partial charge in [0.15, 0.2) is 0 Å². The summed E-state index contributed by atoms with van der Waals surface area (Å²) >= 11 is 0. The minimum Gasteiger partial charge on any atom is -0.412 e. The fraction of sp³-hybridized carbons (Fsp3) is 0. The second-order valence-electron chi connectivity index (χ2n) is 0. The van der Waals surface area contributed by atoms with E-state index >= 15 is 0 Å². The van der Waals surface area contributed by atoms with Crippen molar-refractivity contribution >= 4 is 23.1 Å². The van der Waals surface area contributed by atoms with Gasteiger partial charge < -0.3 is 5.48 Å². The van der Waals surface area contributed by atoms with E-state index in [0.29, 0.717) is 0 Å². The van der Waals surface area contributed by atoms with Crippen molar-refractivity contribution in [3.8, 4) is 0 Å². The van der Waals surface area contributed by atoms with Crippen LogP contribution in [0.4, 0.5) is 0 Å². The van der Waals surface area contributed by atoms with E-state index in [1.165, 1.54) is 0 Å². The third-order valence-electron chi connectivity index (χ3n) is 0. The molecule has 2 N–H and O–H groups in total. The van der Waals surface area contributed by atoms with Gasteiger partial charge in [-0.3, -0.25) is 0 Å². The van der Waals surface area contributed by atoms with Gasteiger partial charge in [-0.15, -0.1) is 0 Å². The normalized spacial score (nSPS) is 0. The van der Waals surface area contributed by atoms with Crippen LogP contribution in [0.1, 0.15) is 0 Å². The molecule has 0 saturated heterocycles. The maximum atomic E-state index is 0. The van der Waals surface area contributed by atoms with E-state index in [1.807, 2.05) is 0 Å². The zero-order valence-corrected chi connectivity index (χ0v) is 3.43. The maximum absolute atomic E-state index is 0. The van der Waals surface area contributed by atoms with Crippen molar-refractivity contribution in [2.45, 2.75) is 0 Å². The second kappa shape index (κ2) is 21.8. The van der Waals surface area contributed by atoms with Gasteiger partial charge in [0.2, 0.25) is 0 Å². The van der Waals surface area contributed by atoms with E-state index in [9.17, 15) is 0 Å². The van der Waals surface area contributed by atoms with Gasteiger partial charge in [0.05, 0.1) is 0 Å². The van der Waals surface area contributed by atoms with Gasteiger partial charge in [0, 0.05) is 33.8 Å². The van der Waals surface area contributed by atoms with Crippen molar-refractivity contribution < 1.29 is 39.3 Å². The molecule has 0 unspecified atom stereocenters. The summed E-state index contributed by atoms with van der Waals surface area (Å²) < 4.78 is 0. The quantitative estimate of drug-likeness (QED) is 0.375. The van der Waals surface area contributed by atoms with Gasteiger partial charge in [0.25, 0.3) is 0 Å². The zero-order valence-electron chi connectivity index (χ0n) is 1.21. The molecule has 0 aromatic heterocycles. The van der Waals surface area contributed by atoms with Crippen LogP contribution in [0.2, 0.25) is 0 Å². The third kappa shape index (κ3) is 9.26. The zero-order chi connectivity index (χ0) is 0. The van der Waals surface area contributed by atoms with E-state index in [-0.39, 0.29) is 62.4 Å². The number of hydrogen-bond donors (Lipinski definition) is 0. The molecule has 28 valence electrons. The molecule has 0 heterocycles. The van der Waals surface area contributed by atoms with Crippen molar-refractivity contribution in [2.75, 3.05) is 0 Å². The second-order valence-corrected chi connectivity index (χ2v) is 0. The number of rotatable bonds is 0. The summed E-state index contributed by atoms with van der Waals surface area (Å²) in [7, 11) is 0. The molecule has 0 rings (SSSR count). The SMILES string of the molecule is O.[Co].[MgH2].[Mn]. The van der Waals surface area contributed by atoms with Crippen LogP contribution >= 0.6 is 0 Å². The molecule has 0 amide bonds. The minimum absolute atomic E-state index is 0. The summed E-state index contributed by atoms with van der Waals surface area (Å²) in [6, 6.07) is 0. The van der Waals surface area contributed by atoms with E-state index < -0.39 is 0 Å². The van der Waals surface area contributed by atoms with Gasteiger partial charge in [-0.05, 0) is 0 Å². The van der Waals surface area contributed by atoms with Gasteiger partial charge >= 0.3 is 23.1 Å². The molecule has 0 atom stereocenters. The van der Waals surface area contributed by atoms with Gasteiger partial charge in [-0.1, -0.05) is 0 Å². The summed E-state index contributed by atoms with van der Waals surface area (Å²) in [5, 5.41) is 0. The number of hydrogen-bond acceptors (Lipinski definition) is 0. The molecule has 4 heavy (non-hydrogen) atoms. The summed E-state index contributed by atoms with van der Waals surface area (Å²) in [5.41, 5.74) is 0. The first-order chi connectivity index (χ1) is 0. The molecule has 0 aliphatic carbocycles. The summed E-state index contributed by atoms with van der Waals surface area (Å²) in [5.74, 6) is 0. The molecule has 0 aliphatic heterocycles. The standard InChI is InChI=1S/Co.Mg.Mn.H2O.2H/h;;;1H2;;. The van der Waals surface area contributed by atoms with Gasteiger partial charge in [0.1, 0.15) is 0 Å². The first kappa shape index (κ1) is 42.3. The van der Waals surface area contributed by atoms with Crippen LogP contribution in [0.5, 0.6) is 0 Å². The predicted molar refractivity (Wildman–Crippen MR) is 12.2 cm³/mol. The van der Waals surface area contributed by atoms with Crippen LogP contribution in [0.15, 0.2) is 0 Å². The smallest absolute Gasteiger partial charge is 0.316 e. The first-order valence-corrected chi connectivity index (χ1v) is 0. The average Bonchev–Trinajstić information content (AvgIpc) is 0. The van der Waals surface area contributed by atoms with E-state index in [1.54, 1.807) is 0 Å². The van der Waals surface area contributed by atoms with E-state index in [2.05, 4.69) is 0 Å². The minimum atomic E-state index is 0. The Morgan fingerprint density at radius 2 is 1.00 bits per heavy atom. The molecule has 4 heteroatoms. The summed E-state index contributed by atoms with van der Waals surface area (Å²) in [6.45, 7) is 0. The monoisotopic (exact) mass is 158 g/mol. The predicted octanol–water partition coefficient (Wildman–Crippen LogP) is -1.75. The van der Waals surface area contributed by atoms with Gasteiger partial charge in [-0.2, -0.15) is 0 Å². The molecule has 2 radical (unpaired) electrons. The fourth-order valence-electron chi connectivity index (χ4n) is 0. The fourth-order valence-corrected chi connectivity index (χ4v) is 0. The Hall–Kier alpha value is 1.75. The third-order valence-corrected chi connectivity index (χ3v) is 0. The van der Waals surface area contributed by atoms with Crippen LogP contribution in [0.3, 0.4) is 0 Å².